The molecule has 0 radical (unpaired) electrons. The van der Waals surface area contributed by atoms with Crippen LogP contribution in [0.2, 0.25) is 0 Å². The Morgan fingerprint density at radius 2 is 2.00 bits per heavy atom. The predicted octanol–water partition coefficient (Wildman–Crippen LogP) is 3.13. The molecule has 0 aromatic heterocycles. The summed E-state index contributed by atoms with van der Waals surface area (Å²) in [6, 6.07) is 0.300. The molecule has 0 aromatic rings. The third-order valence-electron chi connectivity index (χ3n) is 3.96. The van der Waals surface area contributed by atoms with Crippen molar-refractivity contribution in [2.45, 2.75) is 71.9 Å². The number of rotatable bonds is 5. The van der Waals surface area contributed by atoms with E-state index < -0.39 is 5.54 Å². The van der Waals surface area contributed by atoms with Gasteiger partial charge >= 0.3 is 5.97 Å². The molecule has 1 fully saturated rings. The monoisotopic (exact) mass is 255 g/mol. The van der Waals surface area contributed by atoms with Crippen molar-refractivity contribution in [3.8, 4) is 0 Å². The van der Waals surface area contributed by atoms with Crippen molar-refractivity contribution < 1.29 is 9.53 Å². The summed E-state index contributed by atoms with van der Waals surface area (Å²) in [6.45, 7) is 11.0. The molecule has 0 aromatic carbocycles. The van der Waals surface area contributed by atoms with Crippen molar-refractivity contribution in [1.82, 2.24) is 5.32 Å². The molecular weight excluding hydrogens is 226 g/mol. The van der Waals surface area contributed by atoms with Gasteiger partial charge in [-0.15, -0.1) is 0 Å². The number of ether oxygens (including phenoxy) is 1. The summed E-state index contributed by atoms with van der Waals surface area (Å²) < 4.78 is 5.36. The van der Waals surface area contributed by atoms with Crippen molar-refractivity contribution in [3.05, 3.63) is 0 Å². The van der Waals surface area contributed by atoms with E-state index in [1.54, 1.807) is 0 Å². The molecule has 3 heteroatoms. The van der Waals surface area contributed by atoms with Gasteiger partial charge in [-0.05, 0) is 45.4 Å². The average Bonchev–Trinajstić information content (AvgIpc) is 2.28. The SMILES string of the molecule is CCOC(=O)C1(NC(C)C)CCCCC1C(C)C. The van der Waals surface area contributed by atoms with Crippen LogP contribution in [-0.2, 0) is 9.53 Å². The van der Waals surface area contributed by atoms with E-state index in [9.17, 15) is 4.79 Å². The van der Waals surface area contributed by atoms with Crippen LogP contribution in [0, 0.1) is 11.8 Å². The molecule has 1 rings (SSSR count). The molecule has 1 saturated carbocycles. The van der Waals surface area contributed by atoms with E-state index in [1.165, 1.54) is 6.42 Å². The molecule has 18 heavy (non-hydrogen) atoms. The lowest BCUT2D eigenvalue weighted by Gasteiger charge is -2.45. The molecule has 0 amide bonds. The van der Waals surface area contributed by atoms with Crippen LogP contribution in [0.4, 0.5) is 0 Å². The van der Waals surface area contributed by atoms with Gasteiger partial charge in [0.1, 0.15) is 5.54 Å². The molecule has 2 unspecified atom stereocenters. The molecule has 0 bridgehead atoms. The summed E-state index contributed by atoms with van der Waals surface area (Å²) in [7, 11) is 0. The van der Waals surface area contributed by atoms with Gasteiger partial charge in [0.05, 0.1) is 6.61 Å². The third-order valence-corrected chi connectivity index (χ3v) is 3.96. The van der Waals surface area contributed by atoms with Crippen LogP contribution in [0.3, 0.4) is 0 Å². The highest BCUT2D eigenvalue weighted by atomic mass is 16.5. The quantitative estimate of drug-likeness (QED) is 0.767. The Bertz CT molecular complexity index is 276. The average molecular weight is 255 g/mol. The van der Waals surface area contributed by atoms with Crippen LogP contribution in [0.25, 0.3) is 0 Å². The molecule has 1 aliphatic carbocycles. The smallest absolute Gasteiger partial charge is 0.326 e. The second-order valence-corrected chi connectivity index (χ2v) is 6.09. The van der Waals surface area contributed by atoms with Gasteiger partial charge in [-0.25, -0.2) is 0 Å². The number of nitrogens with one attached hydrogen (secondary N) is 1. The minimum absolute atomic E-state index is 0.0444. The van der Waals surface area contributed by atoms with E-state index in [0.29, 0.717) is 24.5 Å². The first-order valence-corrected chi connectivity index (χ1v) is 7.39. The van der Waals surface area contributed by atoms with Gasteiger partial charge in [0.25, 0.3) is 0 Å². The van der Waals surface area contributed by atoms with Gasteiger partial charge in [-0.3, -0.25) is 10.1 Å². The fourth-order valence-corrected chi connectivity index (χ4v) is 3.37. The van der Waals surface area contributed by atoms with Crippen molar-refractivity contribution in [2.24, 2.45) is 11.8 Å². The summed E-state index contributed by atoms with van der Waals surface area (Å²) in [5.74, 6) is 0.839. The molecule has 1 aliphatic rings. The molecule has 0 aliphatic heterocycles. The highest BCUT2D eigenvalue weighted by molar-refractivity contribution is 5.81. The molecule has 0 spiro atoms. The predicted molar refractivity (Wildman–Crippen MR) is 74.4 cm³/mol. The Balaban J connectivity index is 3.02. The maximum Gasteiger partial charge on any atom is 0.326 e. The minimum Gasteiger partial charge on any atom is -0.465 e. The highest BCUT2D eigenvalue weighted by Gasteiger charge is 2.49. The highest BCUT2D eigenvalue weighted by Crippen LogP contribution is 2.39. The number of carbonyl (C=O) groups excluding carboxylic acids is 1. The third kappa shape index (κ3) is 3.25. The lowest BCUT2D eigenvalue weighted by Crippen LogP contribution is -2.62. The van der Waals surface area contributed by atoms with E-state index in [1.807, 2.05) is 6.92 Å². The normalized spacial score (nSPS) is 28.7. The van der Waals surface area contributed by atoms with Crippen molar-refractivity contribution in [1.29, 1.82) is 0 Å². The molecular formula is C15H29NO2. The van der Waals surface area contributed by atoms with Crippen LogP contribution in [-0.4, -0.2) is 24.2 Å². The molecule has 0 saturated heterocycles. The van der Waals surface area contributed by atoms with Crippen molar-refractivity contribution in [2.75, 3.05) is 6.61 Å². The second-order valence-electron chi connectivity index (χ2n) is 6.09. The van der Waals surface area contributed by atoms with Gasteiger partial charge in [0.15, 0.2) is 0 Å². The van der Waals surface area contributed by atoms with Crippen LogP contribution in [0.5, 0.6) is 0 Å². The largest absolute Gasteiger partial charge is 0.465 e. The first-order valence-electron chi connectivity index (χ1n) is 7.39. The van der Waals surface area contributed by atoms with Crippen LogP contribution in [0.1, 0.15) is 60.3 Å². The minimum atomic E-state index is -0.462. The van der Waals surface area contributed by atoms with Crippen LogP contribution < -0.4 is 5.32 Å². The molecule has 3 nitrogen and oxygen atoms in total. The van der Waals surface area contributed by atoms with Crippen LogP contribution in [0.15, 0.2) is 0 Å². The van der Waals surface area contributed by atoms with E-state index in [2.05, 4.69) is 33.0 Å². The summed E-state index contributed by atoms with van der Waals surface area (Å²) in [5.41, 5.74) is -0.462. The number of hydrogen-bond acceptors (Lipinski definition) is 3. The van der Waals surface area contributed by atoms with Crippen molar-refractivity contribution >= 4 is 5.97 Å². The maximum absolute atomic E-state index is 12.5. The molecule has 106 valence electrons. The van der Waals surface area contributed by atoms with Gasteiger partial charge in [0.2, 0.25) is 0 Å². The Morgan fingerprint density at radius 3 is 2.50 bits per heavy atom. The zero-order valence-electron chi connectivity index (χ0n) is 12.6. The summed E-state index contributed by atoms with van der Waals surface area (Å²) >= 11 is 0. The standard InChI is InChI=1S/C15H29NO2/c1-6-18-14(17)15(16-12(4)5)10-8-7-9-13(15)11(2)3/h11-13,16H,6-10H2,1-5H3. The van der Waals surface area contributed by atoms with Crippen LogP contribution >= 0.6 is 0 Å². The van der Waals surface area contributed by atoms with E-state index >= 15 is 0 Å². The number of carbonyl (C=O) groups is 1. The first kappa shape index (κ1) is 15.5. The van der Waals surface area contributed by atoms with Gasteiger partial charge in [-0.2, -0.15) is 0 Å². The van der Waals surface area contributed by atoms with E-state index in [4.69, 9.17) is 4.74 Å². The number of hydrogen-bond donors (Lipinski definition) is 1. The Labute approximate surface area is 112 Å². The second kappa shape index (κ2) is 6.55. The topological polar surface area (TPSA) is 38.3 Å². The van der Waals surface area contributed by atoms with Gasteiger partial charge in [-0.1, -0.05) is 26.7 Å². The van der Waals surface area contributed by atoms with E-state index in [-0.39, 0.29) is 5.97 Å². The lowest BCUT2D eigenvalue weighted by molar-refractivity contribution is -0.157. The molecule has 1 N–H and O–H groups in total. The summed E-state index contributed by atoms with van der Waals surface area (Å²) in [4.78, 5) is 12.5. The zero-order valence-corrected chi connectivity index (χ0v) is 12.6. The fourth-order valence-electron chi connectivity index (χ4n) is 3.37. The van der Waals surface area contributed by atoms with Crippen molar-refractivity contribution in [3.63, 3.8) is 0 Å². The lowest BCUT2D eigenvalue weighted by atomic mass is 9.67. The summed E-state index contributed by atoms with van der Waals surface area (Å²) in [6.07, 6.45) is 4.37. The first-order chi connectivity index (χ1) is 8.44. The van der Waals surface area contributed by atoms with Gasteiger partial charge < -0.3 is 4.74 Å². The number of esters is 1. The molecule has 2 atom stereocenters. The van der Waals surface area contributed by atoms with Gasteiger partial charge in [0, 0.05) is 6.04 Å². The fraction of sp³-hybridized carbons (Fsp3) is 0.933. The Morgan fingerprint density at radius 1 is 1.33 bits per heavy atom. The van der Waals surface area contributed by atoms with E-state index in [0.717, 1.165) is 19.3 Å². The Hall–Kier alpha value is -0.570. The zero-order chi connectivity index (χ0) is 13.8. The maximum atomic E-state index is 12.5. The summed E-state index contributed by atoms with van der Waals surface area (Å²) in [5, 5.41) is 3.54. The molecule has 0 heterocycles. The Kier molecular flexibility index (Phi) is 5.64.